The van der Waals surface area contributed by atoms with Gasteiger partial charge in [0.2, 0.25) is 5.88 Å². The molecular formula is C21H23FN2O2SZn. The molecule has 1 aliphatic rings. The van der Waals surface area contributed by atoms with E-state index in [0.717, 1.165) is 5.56 Å². The maximum Gasteiger partial charge on any atom is 2.00 e. The van der Waals surface area contributed by atoms with Gasteiger partial charge in [0.25, 0.3) is 0 Å². The molecule has 0 amide bonds. The van der Waals surface area contributed by atoms with Crippen LogP contribution in [0.15, 0.2) is 40.8 Å². The normalized spacial score (nSPS) is 22.6. The number of hydrogen-bond acceptors (Lipinski definition) is 3. The SMILES string of the molecule is [CH2-][C@@H]1C(Oc2cc(/C=N\S(=O)C(C)(C)C)cc(-c3ccc(F)cc3)n2)[C@@H]1[CH2-].[Zn+2]. The maximum absolute atomic E-state index is 13.2. The maximum atomic E-state index is 13.2. The fourth-order valence-corrected chi connectivity index (χ4v) is 2.95. The van der Waals surface area contributed by atoms with Gasteiger partial charge in [-0.05, 0) is 51.1 Å². The van der Waals surface area contributed by atoms with Crippen LogP contribution < -0.4 is 4.74 Å². The van der Waals surface area contributed by atoms with E-state index in [0.29, 0.717) is 17.1 Å². The van der Waals surface area contributed by atoms with Crippen molar-refractivity contribution in [3.63, 3.8) is 0 Å². The monoisotopic (exact) mass is 450 g/mol. The van der Waals surface area contributed by atoms with Crippen molar-refractivity contribution >= 4 is 17.2 Å². The zero-order chi connectivity index (χ0) is 19.8. The Balaban J connectivity index is 0.00000280. The first-order valence-electron chi connectivity index (χ1n) is 8.72. The van der Waals surface area contributed by atoms with Crippen LogP contribution in [0.2, 0.25) is 0 Å². The quantitative estimate of drug-likeness (QED) is 0.384. The molecular weight excluding hydrogens is 429 g/mol. The van der Waals surface area contributed by atoms with Crippen molar-refractivity contribution in [1.29, 1.82) is 0 Å². The Morgan fingerprint density at radius 2 is 1.79 bits per heavy atom. The molecule has 1 heterocycles. The zero-order valence-electron chi connectivity index (χ0n) is 16.4. The topological polar surface area (TPSA) is 51.5 Å². The molecule has 1 aliphatic carbocycles. The largest absolute Gasteiger partial charge is 2.00 e. The summed E-state index contributed by atoms with van der Waals surface area (Å²) < 4.78 is 35.0. The second-order valence-corrected chi connectivity index (χ2v) is 9.57. The summed E-state index contributed by atoms with van der Waals surface area (Å²) in [5.41, 5.74) is 2.08. The molecule has 2 aromatic rings. The summed E-state index contributed by atoms with van der Waals surface area (Å²) in [6.07, 6.45) is 1.48. The minimum Gasteiger partial charge on any atom is -0.479 e. The summed E-state index contributed by atoms with van der Waals surface area (Å²) in [5.74, 6) is 0.370. The molecule has 28 heavy (non-hydrogen) atoms. The van der Waals surface area contributed by atoms with Gasteiger partial charge in [0, 0.05) is 29.5 Å². The molecule has 0 radical (unpaired) electrons. The van der Waals surface area contributed by atoms with E-state index in [1.54, 1.807) is 30.5 Å². The van der Waals surface area contributed by atoms with Crippen molar-refractivity contribution in [2.45, 2.75) is 31.6 Å². The Morgan fingerprint density at radius 1 is 1.18 bits per heavy atom. The van der Waals surface area contributed by atoms with Gasteiger partial charge in [0.15, 0.2) is 0 Å². The smallest absolute Gasteiger partial charge is 0.479 e. The van der Waals surface area contributed by atoms with Crippen molar-refractivity contribution in [2.24, 2.45) is 16.2 Å². The predicted octanol–water partition coefficient (Wildman–Crippen LogP) is 4.43. The fraction of sp³-hybridized carbons (Fsp3) is 0.333. The van der Waals surface area contributed by atoms with Crippen LogP contribution in [0.1, 0.15) is 26.3 Å². The molecule has 0 bridgehead atoms. The van der Waals surface area contributed by atoms with Gasteiger partial charge < -0.3 is 18.6 Å². The first-order valence-corrected chi connectivity index (χ1v) is 9.83. The van der Waals surface area contributed by atoms with Crippen LogP contribution in [-0.2, 0) is 30.5 Å². The van der Waals surface area contributed by atoms with Crippen LogP contribution in [0, 0.1) is 31.5 Å². The van der Waals surface area contributed by atoms with Crippen LogP contribution in [0.5, 0.6) is 5.88 Å². The third-order valence-corrected chi connectivity index (χ3v) is 5.64. The minimum absolute atomic E-state index is 0. The third-order valence-electron chi connectivity index (χ3n) is 4.30. The van der Waals surface area contributed by atoms with E-state index in [9.17, 15) is 8.60 Å². The molecule has 3 rings (SSSR count). The van der Waals surface area contributed by atoms with E-state index < -0.39 is 15.7 Å². The Morgan fingerprint density at radius 3 is 2.32 bits per heavy atom. The Bertz CT molecular complexity index is 873. The van der Waals surface area contributed by atoms with Crippen LogP contribution in [0.25, 0.3) is 11.3 Å². The molecule has 0 aliphatic heterocycles. The second-order valence-electron chi connectivity index (χ2n) is 7.64. The van der Waals surface area contributed by atoms with Crippen LogP contribution in [0.4, 0.5) is 4.39 Å². The molecule has 144 valence electrons. The third kappa shape index (κ3) is 5.54. The van der Waals surface area contributed by atoms with Gasteiger partial charge in [-0.3, -0.25) is 0 Å². The summed E-state index contributed by atoms with van der Waals surface area (Å²) in [5, 5.41) is 0. The summed E-state index contributed by atoms with van der Waals surface area (Å²) in [7, 11) is -1.37. The van der Waals surface area contributed by atoms with Gasteiger partial charge in [0.1, 0.15) is 16.8 Å². The van der Waals surface area contributed by atoms with Crippen LogP contribution in [0.3, 0.4) is 0 Å². The summed E-state index contributed by atoms with van der Waals surface area (Å²) in [4.78, 5) is 4.52. The standard InChI is InChI=1S/C21H23FN2O2S.Zn/c1-13-14(2)20(13)26-19-11-15(12-23-27(25)21(3,4)5)10-18(24-19)16-6-8-17(22)9-7-16;/h6-14,20H,1-2H2,3-5H3;/q-2;+2/b23-12-;/t13-,14+,20?,27?;. The van der Waals surface area contributed by atoms with Crippen LogP contribution in [-0.4, -0.2) is 26.3 Å². The molecule has 1 aromatic heterocycles. The fourth-order valence-electron chi connectivity index (χ4n) is 2.42. The van der Waals surface area contributed by atoms with Gasteiger partial charge in [-0.2, -0.15) is 16.2 Å². The number of benzene rings is 1. The number of halogens is 1. The number of pyridine rings is 1. The predicted molar refractivity (Wildman–Crippen MR) is 107 cm³/mol. The van der Waals surface area contributed by atoms with E-state index in [1.165, 1.54) is 12.1 Å². The molecule has 1 saturated carbocycles. The van der Waals surface area contributed by atoms with Crippen molar-refractivity contribution in [2.75, 3.05) is 0 Å². The molecule has 7 heteroatoms. The van der Waals surface area contributed by atoms with Crippen molar-refractivity contribution < 1.29 is 32.8 Å². The number of ether oxygens (including phenoxy) is 1. The van der Waals surface area contributed by atoms with Gasteiger partial charge in [-0.1, -0.05) is 0 Å². The van der Waals surface area contributed by atoms with E-state index >= 15 is 0 Å². The van der Waals surface area contributed by atoms with Crippen molar-refractivity contribution in [1.82, 2.24) is 4.98 Å². The Hall–Kier alpha value is -1.46. The van der Waals surface area contributed by atoms with E-state index in [4.69, 9.17) is 4.74 Å². The van der Waals surface area contributed by atoms with Crippen molar-refractivity contribution in [3.05, 3.63) is 61.6 Å². The number of aromatic nitrogens is 1. The van der Waals surface area contributed by atoms with Crippen molar-refractivity contribution in [3.8, 4) is 17.1 Å². The van der Waals surface area contributed by atoms with E-state index in [1.807, 2.05) is 20.8 Å². The van der Waals surface area contributed by atoms with Gasteiger partial charge in [-0.15, -0.1) is 0 Å². The number of hydrogen-bond donors (Lipinski definition) is 0. The molecule has 2 unspecified atom stereocenters. The van der Waals surface area contributed by atoms with E-state index in [-0.39, 0.29) is 43.2 Å². The summed E-state index contributed by atoms with van der Waals surface area (Å²) >= 11 is 0. The minimum atomic E-state index is -1.37. The number of nitrogens with zero attached hydrogens (tertiary/aromatic N) is 2. The Labute approximate surface area is 181 Å². The van der Waals surface area contributed by atoms with E-state index in [2.05, 4.69) is 23.2 Å². The molecule has 0 N–H and O–H groups in total. The Kier molecular flexibility index (Phi) is 7.27. The number of rotatable bonds is 5. The first-order chi connectivity index (χ1) is 12.6. The molecule has 4 atom stereocenters. The second kappa shape index (κ2) is 8.92. The first kappa shape index (κ1) is 22.8. The summed E-state index contributed by atoms with van der Waals surface area (Å²) in [6, 6.07) is 9.62. The molecule has 4 nitrogen and oxygen atoms in total. The average Bonchev–Trinajstić information content (AvgIpc) is 3.17. The molecule has 0 saturated heterocycles. The van der Waals surface area contributed by atoms with Gasteiger partial charge in [0.05, 0.1) is 10.4 Å². The molecule has 1 fully saturated rings. The van der Waals surface area contributed by atoms with Crippen LogP contribution >= 0.6 is 0 Å². The molecule has 0 spiro atoms. The van der Waals surface area contributed by atoms with Gasteiger partial charge in [-0.25, -0.2) is 13.6 Å². The molecule has 1 aromatic carbocycles. The van der Waals surface area contributed by atoms with Gasteiger partial charge >= 0.3 is 19.5 Å². The average molecular weight is 452 g/mol. The zero-order valence-corrected chi connectivity index (χ0v) is 20.2. The summed E-state index contributed by atoms with van der Waals surface area (Å²) in [6.45, 7) is 13.6.